The molecule has 2 rings (SSSR count). The van der Waals surface area contributed by atoms with E-state index in [1.807, 2.05) is 0 Å². The van der Waals surface area contributed by atoms with Crippen LogP contribution < -0.4 is 5.73 Å². The molecular weight excluding hydrogens is 192 g/mol. The minimum absolute atomic E-state index is 0.671. The summed E-state index contributed by atoms with van der Waals surface area (Å²) in [6, 6.07) is 0.866. The van der Waals surface area contributed by atoms with Crippen LogP contribution >= 0.6 is 12.2 Å². The second-order valence-corrected chi connectivity index (χ2v) is 5.26. The van der Waals surface area contributed by atoms with Crippen LogP contribution in [0.2, 0.25) is 0 Å². The van der Waals surface area contributed by atoms with Gasteiger partial charge in [-0.15, -0.1) is 0 Å². The maximum atomic E-state index is 5.54. The molecule has 0 aromatic rings. The molecule has 0 spiro atoms. The molecule has 0 heterocycles. The lowest BCUT2D eigenvalue weighted by Gasteiger charge is -2.32. The smallest absolute Gasteiger partial charge is 0.0740 e. The standard InChI is InChI=1S/C11H20N2S/c12-11(14)6-7-13(10-4-5-10)8-9-2-1-3-9/h9-10H,1-8H2,(H2,12,14). The molecule has 2 fully saturated rings. The number of hydrogen-bond acceptors (Lipinski definition) is 2. The largest absolute Gasteiger partial charge is 0.393 e. The van der Waals surface area contributed by atoms with Crippen LogP contribution in [0.15, 0.2) is 0 Å². The summed E-state index contributed by atoms with van der Waals surface area (Å²) in [5, 5.41) is 0. The third-order valence-electron chi connectivity index (χ3n) is 3.43. The van der Waals surface area contributed by atoms with E-state index in [2.05, 4.69) is 4.90 Å². The number of hydrogen-bond donors (Lipinski definition) is 1. The van der Waals surface area contributed by atoms with Gasteiger partial charge >= 0.3 is 0 Å². The topological polar surface area (TPSA) is 29.3 Å². The van der Waals surface area contributed by atoms with E-state index in [-0.39, 0.29) is 0 Å². The van der Waals surface area contributed by atoms with Crippen molar-refractivity contribution in [3.05, 3.63) is 0 Å². The van der Waals surface area contributed by atoms with E-state index >= 15 is 0 Å². The third-order valence-corrected chi connectivity index (χ3v) is 3.63. The predicted molar refractivity (Wildman–Crippen MR) is 63.3 cm³/mol. The molecule has 0 aromatic heterocycles. The van der Waals surface area contributed by atoms with E-state index in [0.717, 1.165) is 24.9 Å². The summed E-state index contributed by atoms with van der Waals surface area (Å²) in [7, 11) is 0. The zero-order valence-corrected chi connectivity index (χ0v) is 9.56. The second-order valence-electron chi connectivity index (χ2n) is 4.74. The van der Waals surface area contributed by atoms with E-state index in [0.29, 0.717) is 4.99 Å². The lowest BCUT2D eigenvalue weighted by atomic mass is 9.85. The summed E-state index contributed by atoms with van der Waals surface area (Å²) < 4.78 is 0. The van der Waals surface area contributed by atoms with Crippen molar-refractivity contribution in [2.45, 2.75) is 44.6 Å². The van der Waals surface area contributed by atoms with Gasteiger partial charge in [0, 0.05) is 25.6 Å². The molecule has 0 radical (unpaired) electrons. The summed E-state index contributed by atoms with van der Waals surface area (Å²) in [5.41, 5.74) is 5.54. The summed E-state index contributed by atoms with van der Waals surface area (Å²) in [4.78, 5) is 3.28. The van der Waals surface area contributed by atoms with E-state index in [4.69, 9.17) is 18.0 Å². The average Bonchev–Trinajstić information content (AvgIpc) is 2.84. The number of nitrogens with zero attached hydrogens (tertiary/aromatic N) is 1. The van der Waals surface area contributed by atoms with Gasteiger partial charge in [-0.3, -0.25) is 4.90 Å². The highest BCUT2D eigenvalue weighted by Gasteiger charge is 2.31. The minimum atomic E-state index is 0.671. The molecular formula is C11H20N2S. The summed E-state index contributed by atoms with van der Waals surface area (Å²) in [6.45, 7) is 2.39. The van der Waals surface area contributed by atoms with Crippen molar-refractivity contribution >= 4 is 17.2 Å². The molecule has 2 aliphatic rings. The van der Waals surface area contributed by atoms with Crippen LogP contribution in [0.3, 0.4) is 0 Å². The third kappa shape index (κ3) is 2.92. The Morgan fingerprint density at radius 1 is 1.29 bits per heavy atom. The number of thiocarbonyl (C=S) groups is 1. The van der Waals surface area contributed by atoms with Crippen LogP contribution in [0.5, 0.6) is 0 Å². The van der Waals surface area contributed by atoms with Gasteiger partial charge in [0.15, 0.2) is 0 Å². The monoisotopic (exact) mass is 212 g/mol. The summed E-state index contributed by atoms with van der Waals surface area (Å²) >= 11 is 4.93. The molecule has 0 aliphatic heterocycles. The molecule has 2 N–H and O–H groups in total. The van der Waals surface area contributed by atoms with Crippen LogP contribution in [0.1, 0.15) is 38.5 Å². The molecule has 14 heavy (non-hydrogen) atoms. The van der Waals surface area contributed by atoms with Gasteiger partial charge in [-0.2, -0.15) is 0 Å². The molecule has 0 aromatic carbocycles. The first-order chi connectivity index (χ1) is 6.75. The molecule has 3 heteroatoms. The van der Waals surface area contributed by atoms with Crippen LogP contribution in [0, 0.1) is 5.92 Å². The van der Waals surface area contributed by atoms with Crippen LogP contribution in [-0.4, -0.2) is 29.0 Å². The fourth-order valence-corrected chi connectivity index (χ4v) is 2.21. The molecule has 0 atom stereocenters. The van der Waals surface area contributed by atoms with Crippen molar-refractivity contribution in [2.75, 3.05) is 13.1 Å². The number of rotatable bonds is 6. The van der Waals surface area contributed by atoms with Crippen molar-refractivity contribution < 1.29 is 0 Å². The lowest BCUT2D eigenvalue weighted by Crippen LogP contribution is -2.36. The minimum Gasteiger partial charge on any atom is -0.393 e. The van der Waals surface area contributed by atoms with E-state index in [1.54, 1.807) is 0 Å². The maximum Gasteiger partial charge on any atom is 0.0740 e. The fourth-order valence-electron chi connectivity index (χ4n) is 2.12. The SMILES string of the molecule is NC(=S)CCN(CC1CCC1)C1CC1. The van der Waals surface area contributed by atoms with Crippen molar-refractivity contribution in [3.63, 3.8) is 0 Å². The van der Waals surface area contributed by atoms with Gasteiger partial charge < -0.3 is 5.73 Å². The van der Waals surface area contributed by atoms with Gasteiger partial charge in [0.05, 0.1) is 4.99 Å². The Kier molecular flexibility index (Phi) is 3.39. The zero-order chi connectivity index (χ0) is 9.97. The van der Waals surface area contributed by atoms with Crippen molar-refractivity contribution in [1.29, 1.82) is 0 Å². The molecule has 80 valence electrons. The van der Waals surface area contributed by atoms with Crippen LogP contribution in [-0.2, 0) is 0 Å². The highest BCUT2D eigenvalue weighted by Crippen LogP contribution is 2.32. The molecule has 2 nitrogen and oxygen atoms in total. The Morgan fingerprint density at radius 3 is 2.43 bits per heavy atom. The van der Waals surface area contributed by atoms with Gasteiger partial charge in [-0.1, -0.05) is 18.6 Å². The highest BCUT2D eigenvalue weighted by molar-refractivity contribution is 7.80. The van der Waals surface area contributed by atoms with Crippen molar-refractivity contribution in [1.82, 2.24) is 4.90 Å². The lowest BCUT2D eigenvalue weighted by molar-refractivity contribution is 0.174. The van der Waals surface area contributed by atoms with Gasteiger partial charge in [-0.05, 0) is 31.6 Å². The Balaban J connectivity index is 1.71. The maximum absolute atomic E-state index is 5.54. The number of nitrogens with two attached hydrogens (primary N) is 1. The molecule has 0 amide bonds. The Hall–Kier alpha value is -0.150. The van der Waals surface area contributed by atoms with Gasteiger partial charge in [-0.25, -0.2) is 0 Å². The highest BCUT2D eigenvalue weighted by atomic mass is 32.1. The molecule has 2 saturated carbocycles. The summed E-state index contributed by atoms with van der Waals surface area (Å²) in [6.07, 6.45) is 8.01. The normalized spacial score (nSPS) is 22.4. The van der Waals surface area contributed by atoms with Gasteiger partial charge in [0.25, 0.3) is 0 Å². The van der Waals surface area contributed by atoms with Gasteiger partial charge in [0.1, 0.15) is 0 Å². The second kappa shape index (κ2) is 4.58. The van der Waals surface area contributed by atoms with E-state index in [9.17, 15) is 0 Å². The first-order valence-corrected chi connectivity index (χ1v) is 6.19. The van der Waals surface area contributed by atoms with Crippen LogP contribution in [0.25, 0.3) is 0 Å². The van der Waals surface area contributed by atoms with Gasteiger partial charge in [0.2, 0.25) is 0 Å². The van der Waals surface area contributed by atoms with Crippen LogP contribution in [0.4, 0.5) is 0 Å². The molecule has 0 saturated heterocycles. The predicted octanol–water partition coefficient (Wildman–Crippen LogP) is 1.93. The van der Waals surface area contributed by atoms with Crippen molar-refractivity contribution in [2.24, 2.45) is 11.7 Å². The van der Waals surface area contributed by atoms with E-state index in [1.165, 1.54) is 38.6 Å². The molecule has 2 aliphatic carbocycles. The quantitative estimate of drug-likeness (QED) is 0.682. The fraction of sp³-hybridized carbons (Fsp3) is 0.909. The average molecular weight is 212 g/mol. The Morgan fingerprint density at radius 2 is 2.00 bits per heavy atom. The first kappa shape index (κ1) is 10.4. The zero-order valence-electron chi connectivity index (χ0n) is 8.74. The molecule has 0 unspecified atom stereocenters. The Labute approximate surface area is 91.8 Å². The molecule has 0 bridgehead atoms. The van der Waals surface area contributed by atoms with E-state index < -0.39 is 0 Å². The Bertz CT molecular complexity index is 209. The van der Waals surface area contributed by atoms with Crippen molar-refractivity contribution in [3.8, 4) is 0 Å². The summed E-state index contributed by atoms with van der Waals surface area (Å²) in [5.74, 6) is 0.974. The first-order valence-electron chi connectivity index (χ1n) is 5.78.